The molecule has 0 unspecified atom stereocenters. The Morgan fingerprint density at radius 2 is 1.58 bits per heavy atom. The quantitative estimate of drug-likeness (QED) is 0.107. The van der Waals surface area contributed by atoms with Crippen LogP contribution < -0.4 is 0 Å². The summed E-state index contributed by atoms with van der Waals surface area (Å²) in [5, 5.41) is 0.121. The van der Waals surface area contributed by atoms with Crippen LogP contribution in [0.4, 0.5) is 0 Å². The van der Waals surface area contributed by atoms with Gasteiger partial charge < -0.3 is 18.7 Å². The third-order valence-electron chi connectivity index (χ3n) is 7.30. The van der Waals surface area contributed by atoms with E-state index in [9.17, 15) is 9.59 Å². The highest BCUT2D eigenvalue weighted by Gasteiger charge is 2.39. The minimum Gasteiger partial charge on any atom is -0.414 e. The first-order chi connectivity index (χ1) is 16.7. The molecule has 0 aromatic heterocycles. The number of rotatable bonds is 18. The van der Waals surface area contributed by atoms with Crippen molar-refractivity contribution >= 4 is 20.4 Å². The molecule has 0 N–H and O–H groups in total. The molecule has 0 amide bonds. The summed E-state index contributed by atoms with van der Waals surface area (Å²) in [5.41, 5.74) is 1.14. The lowest BCUT2D eigenvalue weighted by atomic mass is 9.94. The second kappa shape index (κ2) is 17.2. The van der Waals surface area contributed by atoms with Crippen LogP contribution in [0.3, 0.4) is 0 Å². The summed E-state index contributed by atoms with van der Waals surface area (Å²) in [5.74, 6) is 0.485. The van der Waals surface area contributed by atoms with E-state index in [1.54, 1.807) is 14.2 Å². The third kappa shape index (κ3) is 13.8. The van der Waals surface area contributed by atoms with Crippen LogP contribution in [0.2, 0.25) is 18.1 Å². The van der Waals surface area contributed by atoms with Gasteiger partial charge in [0, 0.05) is 38.6 Å². The number of allylic oxidation sites excluding steroid dienone is 5. The average Bonchev–Trinajstić information content (AvgIpc) is 2.79. The number of carbonyl (C=O) groups is 2. The normalized spacial score (nSPS) is 17.8. The van der Waals surface area contributed by atoms with Gasteiger partial charge in [-0.1, -0.05) is 71.9 Å². The van der Waals surface area contributed by atoms with Gasteiger partial charge >= 0.3 is 0 Å². The summed E-state index contributed by atoms with van der Waals surface area (Å²) in [6.07, 6.45) is 14.6. The van der Waals surface area contributed by atoms with Gasteiger partial charge in [-0.15, -0.1) is 0 Å². The van der Waals surface area contributed by atoms with Crippen molar-refractivity contribution in [2.24, 2.45) is 17.8 Å². The van der Waals surface area contributed by atoms with Gasteiger partial charge in [0.2, 0.25) is 0 Å². The van der Waals surface area contributed by atoms with Crippen LogP contribution >= 0.6 is 0 Å². The summed E-state index contributed by atoms with van der Waals surface area (Å²) in [6, 6.07) is 0. The van der Waals surface area contributed by atoms with Crippen LogP contribution in [0, 0.1) is 17.8 Å². The fraction of sp³-hybridized carbons (Fsp3) is 0.733. The van der Waals surface area contributed by atoms with Gasteiger partial charge in [0.1, 0.15) is 12.9 Å². The summed E-state index contributed by atoms with van der Waals surface area (Å²) in [6.45, 7) is 19.6. The molecule has 36 heavy (non-hydrogen) atoms. The Kier molecular flexibility index (Phi) is 16.6. The van der Waals surface area contributed by atoms with Gasteiger partial charge in [-0.3, -0.25) is 4.79 Å². The number of hydrogen-bond acceptors (Lipinski definition) is 5. The Bertz CT molecular complexity index is 732. The van der Waals surface area contributed by atoms with Crippen molar-refractivity contribution in [2.45, 2.75) is 104 Å². The molecule has 0 aliphatic rings. The van der Waals surface area contributed by atoms with E-state index in [0.29, 0.717) is 5.92 Å². The number of aldehydes is 1. The van der Waals surface area contributed by atoms with Crippen molar-refractivity contribution in [2.75, 3.05) is 20.8 Å². The van der Waals surface area contributed by atoms with Gasteiger partial charge in [0.25, 0.3) is 0 Å². The maximum Gasteiger partial charge on any atom is 0.192 e. The Hall–Kier alpha value is -1.34. The topological polar surface area (TPSA) is 61.8 Å². The SMILES string of the molecule is COCC(=O)[C@H](C)C[C@H](C)/C=C/C=C/C=C(\C)[C@H](C[C@H](CC[C@@H](C)C=O)O[Si](C)(C)C(C)(C)C)OC. The fourth-order valence-corrected chi connectivity index (χ4v) is 5.13. The van der Waals surface area contributed by atoms with E-state index in [2.05, 4.69) is 59.9 Å². The van der Waals surface area contributed by atoms with Crippen molar-refractivity contribution in [1.29, 1.82) is 0 Å². The molecule has 0 heterocycles. The first-order valence-corrected chi connectivity index (χ1v) is 16.3. The molecule has 0 aliphatic carbocycles. The molecule has 0 bridgehead atoms. The highest BCUT2D eigenvalue weighted by atomic mass is 28.4. The minimum absolute atomic E-state index is 0.00538. The molecule has 0 rings (SSSR count). The van der Waals surface area contributed by atoms with Gasteiger partial charge in [0.15, 0.2) is 14.1 Å². The lowest BCUT2D eigenvalue weighted by Gasteiger charge is -2.40. The van der Waals surface area contributed by atoms with Crippen molar-refractivity contribution in [3.8, 4) is 0 Å². The Labute approximate surface area is 222 Å². The maximum absolute atomic E-state index is 11.9. The fourth-order valence-electron chi connectivity index (χ4n) is 3.73. The Balaban J connectivity index is 5.20. The smallest absolute Gasteiger partial charge is 0.192 e. The Morgan fingerprint density at radius 3 is 2.11 bits per heavy atom. The van der Waals surface area contributed by atoms with Crippen LogP contribution in [0.15, 0.2) is 36.0 Å². The largest absolute Gasteiger partial charge is 0.414 e. The number of Topliss-reactive ketones (excluding diaryl/α,β-unsaturated/α-hetero) is 1. The van der Waals surface area contributed by atoms with Crippen molar-refractivity contribution in [3.05, 3.63) is 36.0 Å². The molecule has 5 atom stereocenters. The number of methoxy groups -OCH3 is 2. The minimum atomic E-state index is -1.95. The Morgan fingerprint density at radius 1 is 0.944 bits per heavy atom. The lowest BCUT2D eigenvalue weighted by molar-refractivity contribution is -0.126. The molecule has 5 nitrogen and oxygen atoms in total. The molecule has 0 radical (unpaired) electrons. The van der Waals surface area contributed by atoms with Crippen LogP contribution in [0.5, 0.6) is 0 Å². The predicted octanol–water partition coefficient (Wildman–Crippen LogP) is 7.33. The van der Waals surface area contributed by atoms with Crippen molar-refractivity contribution in [1.82, 2.24) is 0 Å². The van der Waals surface area contributed by atoms with E-state index in [-0.39, 0.29) is 41.5 Å². The monoisotopic (exact) mass is 522 g/mol. The second-order valence-corrected chi connectivity index (χ2v) is 16.6. The van der Waals surface area contributed by atoms with Gasteiger partial charge in [-0.05, 0) is 55.8 Å². The molecule has 0 spiro atoms. The van der Waals surface area contributed by atoms with E-state index in [4.69, 9.17) is 13.9 Å². The van der Waals surface area contributed by atoms with Crippen LogP contribution in [0.1, 0.15) is 74.1 Å². The summed E-state index contributed by atoms with van der Waals surface area (Å²) in [4.78, 5) is 23.1. The molecule has 0 saturated heterocycles. The predicted molar refractivity (Wildman–Crippen MR) is 154 cm³/mol. The van der Waals surface area contributed by atoms with E-state index in [1.165, 1.54) is 0 Å². The van der Waals surface area contributed by atoms with E-state index >= 15 is 0 Å². The number of hydrogen-bond donors (Lipinski definition) is 0. The molecule has 0 fully saturated rings. The molecular weight excluding hydrogens is 468 g/mol. The van der Waals surface area contributed by atoms with Gasteiger partial charge in [-0.2, -0.15) is 0 Å². The molecule has 0 aliphatic heterocycles. The molecule has 0 aromatic rings. The zero-order valence-electron chi connectivity index (χ0n) is 24.9. The molecule has 0 aromatic carbocycles. The van der Waals surface area contributed by atoms with Crippen LogP contribution in [0.25, 0.3) is 0 Å². The standard InChI is InChI=1S/C30H54O5Si/c1-23(19-26(4)28(32)22-33-8)15-13-12-14-16-25(3)29(34-9)20-27(18-17-24(2)21-31)35-36(10,11)30(5,6)7/h12-16,21,23-24,26-27,29H,17-20,22H2,1-11H3/b14-12+,15-13+,25-16+/t23-,24-,26-,27+,29+/m1/s1. The highest BCUT2D eigenvalue weighted by molar-refractivity contribution is 6.74. The number of ether oxygens (including phenoxy) is 2. The van der Waals surface area contributed by atoms with Crippen molar-refractivity contribution < 1.29 is 23.5 Å². The van der Waals surface area contributed by atoms with E-state index in [1.807, 2.05) is 32.1 Å². The van der Waals surface area contributed by atoms with E-state index in [0.717, 1.165) is 37.5 Å². The first kappa shape index (κ1) is 34.7. The zero-order chi connectivity index (χ0) is 27.9. The van der Waals surface area contributed by atoms with Crippen LogP contribution in [-0.4, -0.2) is 53.4 Å². The molecule has 0 saturated carbocycles. The summed E-state index contributed by atoms with van der Waals surface area (Å²) >= 11 is 0. The molecule has 208 valence electrons. The first-order valence-electron chi connectivity index (χ1n) is 13.4. The second-order valence-electron chi connectivity index (χ2n) is 11.8. The maximum atomic E-state index is 11.9. The molecule has 6 heteroatoms. The highest BCUT2D eigenvalue weighted by Crippen LogP contribution is 2.38. The van der Waals surface area contributed by atoms with Gasteiger partial charge in [0.05, 0.1) is 6.10 Å². The number of ketones is 1. The van der Waals surface area contributed by atoms with E-state index < -0.39 is 8.32 Å². The summed E-state index contributed by atoms with van der Waals surface area (Å²) in [7, 11) is 1.35. The zero-order valence-corrected chi connectivity index (χ0v) is 25.9. The van der Waals surface area contributed by atoms with Gasteiger partial charge in [-0.25, -0.2) is 0 Å². The number of carbonyl (C=O) groups excluding carboxylic acids is 2. The lowest BCUT2D eigenvalue weighted by Crippen LogP contribution is -2.45. The van der Waals surface area contributed by atoms with Crippen LogP contribution in [-0.2, 0) is 23.5 Å². The third-order valence-corrected chi connectivity index (χ3v) is 11.8. The molecular formula is C30H54O5Si. The summed E-state index contributed by atoms with van der Waals surface area (Å²) < 4.78 is 17.6. The average molecular weight is 523 g/mol. The van der Waals surface area contributed by atoms with Crippen molar-refractivity contribution in [3.63, 3.8) is 0 Å².